The third-order valence-electron chi connectivity index (χ3n) is 2.77. The van der Waals surface area contributed by atoms with Crippen LogP contribution >= 0.6 is 0 Å². The van der Waals surface area contributed by atoms with E-state index in [-0.39, 0.29) is 0 Å². The van der Waals surface area contributed by atoms with Crippen molar-refractivity contribution < 1.29 is 0 Å². The molecule has 0 aromatic carbocycles. The van der Waals surface area contributed by atoms with Crippen LogP contribution in [0.4, 0.5) is 0 Å². The second-order valence-electron chi connectivity index (χ2n) is 4.12. The molecule has 80 valence electrons. The van der Waals surface area contributed by atoms with Crippen molar-refractivity contribution in [3.05, 3.63) is 35.8 Å². The molecule has 0 amide bonds. The maximum atomic E-state index is 5.65. The summed E-state index contributed by atoms with van der Waals surface area (Å²) >= 11 is 0. The highest BCUT2D eigenvalue weighted by Crippen LogP contribution is 2.15. The number of rotatable bonds is 3. The van der Waals surface area contributed by atoms with Gasteiger partial charge in [-0.15, -0.1) is 0 Å². The summed E-state index contributed by atoms with van der Waals surface area (Å²) in [7, 11) is 0. The Labute approximate surface area is 89.9 Å². The van der Waals surface area contributed by atoms with E-state index in [2.05, 4.69) is 29.4 Å². The molecule has 0 saturated heterocycles. The van der Waals surface area contributed by atoms with E-state index in [1.54, 1.807) is 0 Å². The lowest BCUT2D eigenvalue weighted by atomic mass is 10.1. The van der Waals surface area contributed by atoms with Crippen molar-refractivity contribution in [2.24, 2.45) is 11.7 Å². The van der Waals surface area contributed by atoms with E-state index in [4.69, 9.17) is 5.73 Å². The molecular formula is C12H17N3. The molecule has 0 fully saturated rings. The minimum absolute atomic E-state index is 0.504. The van der Waals surface area contributed by atoms with E-state index in [9.17, 15) is 0 Å². The Balaban J connectivity index is 2.45. The first kappa shape index (κ1) is 10.2. The minimum atomic E-state index is 0.504. The molecule has 2 aromatic rings. The van der Waals surface area contributed by atoms with Crippen molar-refractivity contribution in [3.8, 4) is 0 Å². The molecule has 0 aliphatic heterocycles. The van der Waals surface area contributed by atoms with Gasteiger partial charge in [0.2, 0.25) is 0 Å². The summed E-state index contributed by atoms with van der Waals surface area (Å²) in [5.41, 5.74) is 9.07. The van der Waals surface area contributed by atoms with Gasteiger partial charge in [-0.25, -0.2) is 4.98 Å². The van der Waals surface area contributed by atoms with Gasteiger partial charge in [0.15, 0.2) is 0 Å². The van der Waals surface area contributed by atoms with Crippen molar-refractivity contribution in [3.63, 3.8) is 0 Å². The van der Waals surface area contributed by atoms with Crippen LogP contribution in [0.25, 0.3) is 5.65 Å². The molecule has 15 heavy (non-hydrogen) atoms. The molecule has 0 saturated carbocycles. The van der Waals surface area contributed by atoms with Crippen LogP contribution in [-0.2, 0) is 6.42 Å². The molecule has 2 heterocycles. The Bertz CT molecular complexity index is 459. The van der Waals surface area contributed by atoms with Gasteiger partial charge in [0.1, 0.15) is 5.65 Å². The van der Waals surface area contributed by atoms with Crippen molar-refractivity contribution in [1.82, 2.24) is 9.38 Å². The van der Waals surface area contributed by atoms with Gasteiger partial charge < -0.3 is 10.1 Å². The summed E-state index contributed by atoms with van der Waals surface area (Å²) in [6.45, 7) is 4.95. The number of fused-ring (bicyclic) bond motifs is 1. The molecule has 3 heteroatoms. The largest absolute Gasteiger partial charge is 0.330 e. The van der Waals surface area contributed by atoms with Gasteiger partial charge in [-0.3, -0.25) is 0 Å². The summed E-state index contributed by atoms with van der Waals surface area (Å²) in [6.07, 6.45) is 3.06. The summed E-state index contributed by atoms with van der Waals surface area (Å²) in [6, 6.07) is 6.08. The summed E-state index contributed by atoms with van der Waals surface area (Å²) in [4.78, 5) is 4.52. The van der Waals surface area contributed by atoms with E-state index in [1.807, 2.05) is 18.2 Å². The van der Waals surface area contributed by atoms with Gasteiger partial charge in [-0.1, -0.05) is 13.0 Å². The smallest absolute Gasteiger partial charge is 0.137 e. The zero-order valence-electron chi connectivity index (χ0n) is 9.27. The van der Waals surface area contributed by atoms with Gasteiger partial charge >= 0.3 is 0 Å². The fraction of sp³-hybridized carbons (Fsp3) is 0.417. The van der Waals surface area contributed by atoms with Crippen molar-refractivity contribution in [2.75, 3.05) is 6.54 Å². The zero-order chi connectivity index (χ0) is 10.8. The van der Waals surface area contributed by atoms with Gasteiger partial charge in [0.05, 0.1) is 5.69 Å². The lowest BCUT2D eigenvalue weighted by Gasteiger charge is -2.08. The number of pyridine rings is 1. The number of hydrogen-bond acceptors (Lipinski definition) is 2. The first-order chi connectivity index (χ1) is 7.22. The fourth-order valence-electron chi connectivity index (χ4n) is 1.82. The van der Waals surface area contributed by atoms with Crippen LogP contribution in [-0.4, -0.2) is 15.9 Å². The average molecular weight is 203 g/mol. The van der Waals surface area contributed by atoms with Gasteiger partial charge in [-0.2, -0.15) is 0 Å². The van der Waals surface area contributed by atoms with Crippen LogP contribution in [0.2, 0.25) is 0 Å². The zero-order valence-corrected chi connectivity index (χ0v) is 9.27. The first-order valence-corrected chi connectivity index (χ1v) is 5.35. The Morgan fingerprint density at radius 2 is 2.27 bits per heavy atom. The molecular weight excluding hydrogens is 186 g/mol. The number of hydrogen-bond donors (Lipinski definition) is 1. The van der Waals surface area contributed by atoms with Gasteiger partial charge in [0, 0.05) is 11.9 Å². The highest BCUT2D eigenvalue weighted by Gasteiger charge is 2.10. The van der Waals surface area contributed by atoms with Crippen molar-refractivity contribution in [2.45, 2.75) is 20.3 Å². The number of nitrogens with two attached hydrogens (primary N) is 1. The van der Waals surface area contributed by atoms with Crippen molar-refractivity contribution >= 4 is 5.65 Å². The lowest BCUT2D eigenvalue weighted by Crippen LogP contribution is -2.14. The highest BCUT2D eigenvalue weighted by atomic mass is 15.0. The molecule has 1 atom stereocenters. The number of aryl methyl sites for hydroxylation is 1. The quantitative estimate of drug-likeness (QED) is 0.826. The molecule has 2 N–H and O–H groups in total. The molecule has 2 aromatic heterocycles. The van der Waals surface area contributed by atoms with Crippen LogP contribution in [0.3, 0.4) is 0 Å². The molecule has 0 aliphatic rings. The van der Waals surface area contributed by atoms with Crippen LogP contribution in [0.15, 0.2) is 24.4 Å². The summed E-state index contributed by atoms with van der Waals surface area (Å²) in [5.74, 6) is 0.504. The van der Waals surface area contributed by atoms with Crippen LogP contribution in [0, 0.1) is 12.8 Å². The molecule has 0 spiro atoms. The van der Waals surface area contributed by atoms with E-state index in [1.165, 1.54) is 5.69 Å². The predicted molar refractivity (Wildman–Crippen MR) is 61.9 cm³/mol. The molecule has 0 aliphatic carbocycles. The second-order valence-corrected chi connectivity index (χ2v) is 4.12. The number of imidazole rings is 1. The summed E-state index contributed by atoms with van der Waals surface area (Å²) < 4.78 is 2.15. The van der Waals surface area contributed by atoms with Crippen molar-refractivity contribution in [1.29, 1.82) is 0 Å². The lowest BCUT2D eigenvalue weighted by molar-refractivity contribution is 0.580. The SMILES string of the molecule is Cc1nc2ccccn2c1CC(C)CN. The first-order valence-electron chi connectivity index (χ1n) is 5.35. The maximum Gasteiger partial charge on any atom is 0.137 e. The third-order valence-corrected chi connectivity index (χ3v) is 2.77. The molecule has 3 nitrogen and oxygen atoms in total. The topological polar surface area (TPSA) is 43.3 Å². The number of nitrogens with zero attached hydrogens (tertiary/aromatic N) is 2. The Kier molecular flexibility index (Phi) is 2.73. The summed E-state index contributed by atoms with van der Waals surface area (Å²) in [5, 5.41) is 0. The minimum Gasteiger partial charge on any atom is -0.330 e. The molecule has 1 unspecified atom stereocenters. The van der Waals surface area contributed by atoms with Gasteiger partial charge in [-0.05, 0) is 37.9 Å². The predicted octanol–water partition coefficient (Wildman–Crippen LogP) is 1.78. The monoisotopic (exact) mass is 203 g/mol. The molecule has 0 radical (unpaired) electrons. The third kappa shape index (κ3) is 1.88. The molecule has 0 bridgehead atoms. The Hall–Kier alpha value is -1.35. The fourth-order valence-corrected chi connectivity index (χ4v) is 1.82. The Morgan fingerprint density at radius 3 is 3.00 bits per heavy atom. The maximum absolute atomic E-state index is 5.65. The normalized spacial score (nSPS) is 13.3. The van der Waals surface area contributed by atoms with Crippen LogP contribution in [0.5, 0.6) is 0 Å². The van der Waals surface area contributed by atoms with E-state index < -0.39 is 0 Å². The standard InChI is InChI=1S/C12H17N3/c1-9(8-13)7-11-10(2)14-12-5-3-4-6-15(11)12/h3-6,9H,7-8,13H2,1-2H3. The van der Waals surface area contributed by atoms with E-state index in [0.29, 0.717) is 5.92 Å². The number of aromatic nitrogens is 2. The van der Waals surface area contributed by atoms with Gasteiger partial charge in [0.25, 0.3) is 0 Å². The van der Waals surface area contributed by atoms with Crippen LogP contribution < -0.4 is 5.73 Å². The highest BCUT2D eigenvalue weighted by molar-refractivity contribution is 5.42. The molecule has 2 rings (SSSR count). The average Bonchev–Trinajstić information content (AvgIpc) is 2.55. The second kappa shape index (κ2) is 4.03. The van der Waals surface area contributed by atoms with E-state index in [0.717, 1.165) is 24.3 Å². The van der Waals surface area contributed by atoms with E-state index >= 15 is 0 Å². The Morgan fingerprint density at radius 1 is 1.47 bits per heavy atom. The van der Waals surface area contributed by atoms with Crippen LogP contribution in [0.1, 0.15) is 18.3 Å².